The number of ether oxygens (including phenoxy) is 2. The maximum atomic E-state index is 11.8. The summed E-state index contributed by atoms with van der Waals surface area (Å²) in [6.45, 7) is 2.13. The number of allylic oxidation sites excluding steroid dienone is 2. The summed E-state index contributed by atoms with van der Waals surface area (Å²) in [5, 5.41) is 9.68. The van der Waals surface area contributed by atoms with Gasteiger partial charge in [0, 0.05) is 0 Å². The largest absolute Gasteiger partial charge is 0.504 e. The molecule has 1 N–H and O–H groups in total. The second kappa shape index (κ2) is 8.12. The summed E-state index contributed by atoms with van der Waals surface area (Å²) < 4.78 is 9.72. The summed E-state index contributed by atoms with van der Waals surface area (Å²) in [7, 11) is 1.30. The van der Waals surface area contributed by atoms with Gasteiger partial charge in [-0.1, -0.05) is 30.3 Å². The quantitative estimate of drug-likeness (QED) is 0.297. The molecule has 0 fully saturated rings. The lowest BCUT2D eigenvalue weighted by molar-refractivity contribution is -0.133. The summed E-state index contributed by atoms with van der Waals surface area (Å²) in [5.74, 6) is -0.707. The van der Waals surface area contributed by atoms with Gasteiger partial charge in [-0.2, -0.15) is 0 Å². The standard InChI is InChI=1S/C15H16O4S/c1-3-19-15(20)13(16)10-9-12(14(17)18-2)11-7-5-4-6-8-11/h4-10,16H,3H2,1-2H3. The van der Waals surface area contributed by atoms with Gasteiger partial charge in [0.25, 0.3) is 0 Å². The summed E-state index contributed by atoms with van der Waals surface area (Å²) in [4.78, 5) is 11.8. The molecule has 0 amide bonds. The van der Waals surface area contributed by atoms with Gasteiger partial charge in [-0.25, -0.2) is 4.79 Å². The predicted octanol–water partition coefficient (Wildman–Crippen LogP) is 3.05. The van der Waals surface area contributed by atoms with Crippen LogP contribution < -0.4 is 0 Å². The fourth-order valence-corrected chi connectivity index (χ4v) is 1.63. The maximum Gasteiger partial charge on any atom is 0.338 e. The van der Waals surface area contributed by atoms with Gasteiger partial charge in [0.1, 0.15) is 0 Å². The molecule has 0 saturated carbocycles. The molecular formula is C15H16O4S. The Kier molecular flexibility index (Phi) is 6.46. The summed E-state index contributed by atoms with van der Waals surface area (Å²) in [6, 6.07) is 9.00. The zero-order chi connectivity index (χ0) is 15.0. The van der Waals surface area contributed by atoms with Crippen molar-refractivity contribution >= 4 is 28.8 Å². The van der Waals surface area contributed by atoms with Crippen molar-refractivity contribution in [3.8, 4) is 0 Å². The molecule has 1 aromatic rings. The molecule has 0 unspecified atom stereocenters. The Balaban J connectivity index is 3.07. The molecule has 0 spiro atoms. The van der Waals surface area contributed by atoms with E-state index in [9.17, 15) is 9.90 Å². The Morgan fingerprint density at radius 1 is 1.30 bits per heavy atom. The SMILES string of the molecule is CCOC(=S)C(O)=CC=C(C(=O)OC)c1ccccc1. The van der Waals surface area contributed by atoms with Gasteiger partial charge in [-0.3, -0.25) is 0 Å². The van der Waals surface area contributed by atoms with E-state index in [0.29, 0.717) is 17.7 Å². The van der Waals surface area contributed by atoms with E-state index in [2.05, 4.69) is 0 Å². The Hall–Kier alpha value is -2.14. The molecule has 0 radical (unpaired) electrons. The third kappa shape index (κ3) is 4.51. The number of thiocarbonyl (C=S) groups is 1. The van der Waals surface area contributed by atoms with Crippen LogP contribution in [0, 0.1) is 0 Å². The molecule has 1 rings (SSSR count). The lowest BCUT2D eigenvalue weighted by atomic mass is 10.1. The first-order chi connectivity index (χ1) is 9.60. The number of esters is 1. The van der Waals surface area contributed by atoms with Gasteiger partial charge >= 0.3 is 5.97 Å². The van der Waals surface area contributed by atoms with Gasteiger partial charge < -0.3 is 14.6 Å². The Bertz CT molecular complexity index is 532. The molecule has 0 aromatic heterocycles. The van der Waals surface area contributed by atoms with E-state index in [1.807, 2.05) is 6.07 Å². The second-order valence-electron chi connectivity index (χ2n) is 3.71. The molecule has 0 aliphatic heterocycles. The lowest BCUT2D eigenvalue weighted by Gasteiger charge is -2.05. The smallest absolute Gasteiger partial charge is 0.338 e. The zero-order valence-electron chi connectivity index (χ0n) is 11.3. The van der Waals surface area contributed by atoms with E-state index < -0.39 is 5.97 Å². The molecule has 1 aromatic carbocycles. The van der Waals surface area contributed by atoms with Gasteiger partial charge in [-0.15, -0.1) is 0 Å². The predicted molar refractivity (Wildman–Crippen MR) is 81.4 cm³/mol. The number of carbonyl (C=O) groups excluding carboxylic acids is 1. The van der Waals surface area contributed by atoms with Gasteiger partial charge in [0.2, 0.25) is 5.05 Å². The first-order valence-electron chi connectivity index (χ1n) is 6.02. The van der Waals surface area contributed by atoms with Crippen LogP contribution in [0.15, 0.2) is 48.2 Å². The highest BCUT2D eigenvalue weighted by Crippen LogP contribution is 2.16. The van der Waals surface area contributed by atoms with E-state index >= 15 is 0 Å². The Morgan fingerprint density at radius 2 is 1.95 bits per heavy atom. The fraction of sp³-hybridized carbons (Fsp3) is 0.200. The molecule has 0 heterocycles. The van der Waals surface area contributed by atoms with Crippen molar-refractivity contribution < 1.29 is 19.4 Å². The number of benzene rings is 1. The van der Waals surface area contributed by atoms with Gasteiger partial charge in [0.15, 0.2) is 5.76 Å². The number of carbonyl (C=O) groups is 1. The van der Waals surface area contributed by atoms with Crippen molar-refractivity contribution in [2.24, 2.45) is 0 Å². The molecule has 106 valence electrons. The van der Waals surface area contributed by atoms with Crippen LogP contribution in [0.4, 0.5) is 0 Å². The molecule has 4 nitrogen and oxygen atoms in total. The minimum atomic E-state index is -0.498. The minimum Gasteiger partial charge on any atom is -0.504 e. The maximum absolute atomic E-state index is 11.8. The molecule has 20 heavy (non-hydrogen) atoms. The van der Waals surface area contributed by atoms with E-state index in [-0.39, 0.29) is 10.8 Å². The van der Waals surface area contributed by atoms with Crippen molar-refractivity contribution in [1.29, 1.82) is 0 Å². The van der Waals surface area contributed by atoms with Crippen LogP contribution in [-0.2, 0) is 14.3 Å². The van der Waals surface area contributed by atoms with Crippen molar-refractivity contribution in [1.82, 2.24) is 0 Å². The van der Waals surface area contributed by atoms with Crippen molar-refractivity contribution in [3.63, 3.8) is 0 Å². The summed E-state index contributed by atoms with van der Waals surface area (Å²) >= 11 is 4.85. The minimum absolute atomic E-state index is 0.0129. The Labute approximate surface area is 123 Å². The fourth-order valence-electron chi connectivity index (χ4n) is 1.45. The van der Waals surface area contributed by atoms with E-state index in [0.717, 1.165) is 0 Å². The van der Waals surface area contributed by atoms with Crippen LogP contribution >= 0.6 is 12.2 Å². The Morgan fingerprint density at radius 3 is 2.50 bits per heavy atom. The first-order valence-corrected chi connectivity index (χ1v) is 6.42. The monoisotopic (exact) mass is 292 g/mol. The topological polar surface area (TPSA) is 55.8 Å². The number of aliphatic hydroxyl groups excluding tert-OH is 1. The van der Waals surface area contributed by atoms with Crippen molar-refractivity contribution in [3.05, 3.63) is 53.8 Å². The molecule has 0 saturated heterocycles. The molecule has 5 heteroatoms. The van der Waals surface area contributed by atoms with Gasteiger partial charge in [-0.05, 0) is 36.9 Å². The van der Waals surface area contributed by atoms with Crippen LogP contribution in [0.1, 0.15) is 12.5 Å². The average Bonchev–Trinajstić information content (AvgIpc) is 2.48. The molecular weight excluding hydrogens is 276 g/mol. The molecule has 0 aliphatic rings. The summed E-state index contributed by atoms with van der Waals surface area (Å²) in [6.07, 6.45) is 2.76. The van der Waals surface area contributed by atoms with Crippen molar-refractivity contribution in [2.45, 2.75) is 6.92 Å². The first kappa shape index (κ1) is 15.9. The normalized spacial score (nSPS) is 11.9. The van der Waals surface area contributed by atoms with Crippen LogP contribution in [0.2, 0.25) is 0 Å². The number of hydrogen-bond acceptors (Lipinski definition) is 5. The van der Waals surface area contributed by atoms with E-state index in [4.69, 9.17) is 21.7 Å². The molecule has 0 atom stereocenters. The van der Waals surface area contributed by atoms with Gasteiger partial charge in [0.05, 0.1) is 19.3 Å². The van der Waals surface area contributed by atoms with E-state index in [1.54, 1.807) is 31.2 Å². The van der Waals surface area contributed by atoms with Crippen LogP contribution in [0.3, 0.4) is 0 Å². The number of rotatable bonds is 5. The van der Waals surface area contributed by atoms with Crippen LogP contribution in [0.5, 0.6) is 0 Å². The number of methoxy groups -OCH3 is 1. The zero-order valence-corrected chi connectivity index (χ0v) is 12.1. The lowest BCUT2D eigenvalue weighted by Crippen LogP contribution is -2.06. The third-order valence-electron chi connectivity index (χ3n) is 2.38. The highest BCUT2D eigenvalue weighted by Gasteiger charge is 2.11. The molecule has 0 bridgehead atoms. The third-order valence-corrected chi connectivity index (χ3v) is 2.71. The highest BCUT2D eigenvalue weighted by molar-refractivity contribution is 7.80. The summed E-state index contributed by atoms with van der Waals surface area (Å²) in [5.41, 5.74) is 1.00. The average molecular weight is 292 g/mol. The van der Waals surface area contributed by atoms with Crippen LogP contribution in [-0.4, -0.2) is 29.8 Å². The second-order valence-corrected chi connectivity index (χ2v) is 4.08. The van der Waals surface area contributed by atoms with Crippen molar-refractivity contribution in [2.75, 3.05) is 13.7 Å². The highest BCUT2D eigenvalue weighted by atomic mass is 32.1. The molecule has 0 aliphatic carbocycles. The van der Waals surface area contributed by atoms with Crippen LogP contribution in [0.25, 0.3) is 5.57 Å². The number of aliphatic hydroxyl groups is 1. The van der Waals surface area contributed by atoms with E-state index in [1.165, 1.54) is 19.3 Å². The number of hydrogen-bond donors (Lipinski definition) is 1.